The van der Waals surface area contributed by atoms with Crippen LogP contribution in [0.2, 0.25) is 0 Å². The van der Waals surface area contributed by atoms with Crippen LogP contribution in [0.1, 0.15) is 43.7 Å². The van der Waals surface area contributed by atoms with Gasteiger partial charge in [0.15, 0.2) is 0 Å². The highest BCUT2D eigenvalue weighted by molar-refractivity contribution is 5.78. The smallest absolute Gasteiger partial charge is 0.223 e. The number of nitrogens with two attached hydrogens (primary N) is 1. The van der Waals surface area contributed by atoms with E-state index < -0.39 is 0 Å². The monoisotopic (exact) mass is 260 g/mol. The zero-order valence-corrected chi connectivity index (χ0v) is 11.7. The second-order valence-electron chi connectivity index (χ2n) is 5.45. The maximum Gasteiger partial charge on any atom is 0.223 e. The fraction of sp³-hybridized carbons (Fsp3) is 0.562. The summed E-state index contributed by atoms with van der Waals surface area (Å²) in [6, 6.07) is 8.59. The predicted octanol–water partition coefficient (Wildman–Crippen LogP) is 2.38. The highest BCUT2D eigenvalue weighted by atomic mass is 16.1. The topological polar surface area (TPSA) is 55.1 Å². The maximum absolute atomic E-state index is 12.1. The quantitative estimate of drug-likeness (QED) is 0.873. The van der Waals surface area contributed by atoms with Crippen molar-refractivity contribution in [1.29, 1.82) is 0 Å². The van der Waals surface area contributed by atoms with Crippen molar-refractivity contribution >= 4 is 5.91 Å². The van der Waals surface area contributed by atoms with Crippen molar-refractivity contribution in [3.8, 4) is 0 Å². The summed E-state index contributed by atoms with van der Waals surface area (Å²) in [5, 5.41) is 3.08. The first kappa shape index (κ1) is 14.1. The van der Waals surface area contributed by atoms with E-state index in [9.17, 15) is 4.79 Å². The minimum atomic E-state index is 0.161. The third kappa shape index (κ3) is 3.80. The predicted molar refractivity (Wildman–Crippen MR) is 77.6 cm³/mol. The van der Waals surface area contributed by atoms with E-state index in [4.69, 9.17) is 5.73 Å². The van der Waals surface area contributed by atoms with E-state index in [1.54, 1.807) is 0 Å². The molecule has 0 atom stereocenters. The second kappa shape index (κ2) is 6.71. The summed E-state index contributed by atoms with van der Waals surface area (Å²) in [5.41, 5.74) is 8.41. The Kier molecular flexibility index (Phi) is 4.97. The van der Waals surface area contributed by atoms with Crippen LogP contribution < -0.4 is 11.1 Å². The number of aryl methyl sites for hydroxylation is 1. The van der Waals surface area contributed by atoms with Gasteiger partial charge in [0.05, 0.1) is 0 Å². The Balaban J connectivity index is 1.86. The molecule has 2 rings (SSSR count). The molecular formula is C16H24N2O. The average molecular weight is 260 g/mol. The lowest BCUT2D eigenvalue weighted by molar-refractivity contribution is -0.126. The first-order chi connectivity index (χ1) is 9.20. The van der Waals surface area contributed by atoms with Gasteiger partial charge in [-0.15, -0.1) is 0 Å². The van der Waals surface area contributed by atoms with Crippen molar-refractivity contribution in [3.05, 3.63) is 35.4 Å². The number of amides is 1. The summed E-state index contributed by atoms with van der Waals surface area (Å²) < 4.78 is 0. The average Bonchev–Trinajstić information content (AvgIpc) is 2.45. The van der Waals surface area contributed by atoms with Crippen molar-refractivity contribution in [2.45, 2.75) is 51.6 Å². The van der Waals surface area contributed by atoms with Crippen molar-refractivity contribution in [3.63, 3.8) is 0 Å². The molecule has 0 aromatic heterocycles. The fourth-order valence-electron chi connectivity index (χ4n) is 2.78. The SMILES string of the molecule is CCc1ccccc1CNC(=O)C1CCC(N)CC1. The normalized spacial score (nSPS) is 23.1. The molecule has 0 bridgehead atoms. The molecule has 0 radical (unpaired) electrons. The highest BCUT2D eigenvalue weighted by Crippen LogP contribution is 2.23. The number of hydrogen-bond donors (Lipinski definition) is 2. The van der Waals surface area contributed by atoms with Crippen LogP contribution in [-0.4, -0.2) is 11.9 Å². The Hall–Kier alpha value is -1.35. The zero-order valence-electron chi connectivity index (χ0n) is 11.7. The van der Waals surface area contributed by atoms with E-state index in [1.807, 2.05) is 12.1 Å². The van der Waals surface area contributed by atoms with E-state index in [0.717, 1.165) is 32.1 Å². The second-order valence-corrected chi connectivity index (χ2v) is 5.45. The minimum Gasteiger partial charge on any atom is -0.352 e. The van der Waals surface area contributed by atoms with Crippen molar-refractivity contribution in [2.75, 3.05) is 0 Å². The number of benzene rings is 1. The molecule has 1 fully saturated rings. The van der Waals surface area contributed by atoms with Crippen LogP contribution in [0, 0.1) is 5.92 Å². The van der Waals surface area contributed by atoms with Gasteiger partial charge in [0.1, 0.15) is 0 Å². The number of nitrogens with one attached hydrogen (secondary N) is 1. The fourth-order valence-corrected chi connectivity index (χ4v) is 2.78. The maximum atomic E-state index is 12.1. The molecule has 1 aliphatic carbocycles. The van der Waals surface area contributed by atoms with Gasteiger partial charge in [-0.2, -0.15) is 0 Å². The zero-order chi connectivity index (χ0) is 13.7. The Morgan fingerprint density at radius 3 is 2.47 bits per heavy atom. The summed E-state index contributed by atoms with van der Waals surface area (Å²) in [6.45, 7) is 2.79. The van der Waals surface area contributed by atoms with E-state index in [2.05, 4.69) is 24.4 Å². The molecule has 0 unspecified atom stereocenters. The molecule has 0 spiro atoms. The van der Waals surface area contributed by atoms with Crippen LogP contribution >= 0.6 is 0 Å². The standard InChI is InChI=1S/C16H24N2O/c1-2-12-5-3-4-6-14(12)11-18-16(19)13-7-9-15(17)10-8-13/h3-6,13,15H,2,7-11,17H2,1H3,(H,18,19). The molecule has 1 saturated carbocycles. The van der Waals surface area contributed by atoms with Gasteiger partial charge in [-0.25, -0.2) is 0 Å². The Labute approximate surface area is 115 Å². The molecule has 0 saturated heterocycles. The van der Waals surface area contributed by atoms with Gasteiger partial charge in [0.25, 0.3) is 0 Å². The lowest BCUT2D eigenvalue weighted by Gasteiger charge is -2.25. The van der Waals surface area contributed by atoms with Crippen LogP contribution in [0.15, 0.2) is 24.3 Å². The molecule has 104 valence electrons. The van der Waals surface area contributed by atoms with Gasteiger partial charge in [0.2, 0.25) is 5.91 Å². The molecule has 3 nitrogen and oxygen atoms in total. The molecule has 1 aliphatic rings. The van der Waals surface area contributed by atoms with Crippen LogP contribution in [0.3, 0.4) is 0 Å². The van der Waals surface area contributed by atoms with E-state index in [1.165, 1.54) is 11.1 Å². The minimum absolute atomic E-state index is 0.161. The summed E-state index contributed by atoms with van der Waals surface area (Å²) in [6.07, 6.45) is 4.82. The summed E-state index contributed by atoms with van der Waals surface area (Å²) in [7, 11) is 0. The molecule has 1 amide bonds. The van der Waals surface area contributed by atoms with Crippen molar-refractivity contribution < 1.29 is 4.79 Å². The largest absolute Gasteiger partial charge is 0.352 e. The van der Waals surface area contributed by atoms with E-state index in [0.29, 0.717) is 12.6 Å². The first-order valence-corrected chi connectivity index (χ1v) is 7.30. The van der Waals surface area contributed by atoms with Gasteiger partial charge in [-0.1, -0.05) is 31.2 Å². The van der Waals surface area contributed by atoms with Crippen LogP contribution in [0.4, 0.5) is 0 Å². The lowest BCUT2D eigenvalue weighted by Crippen LogP contribution is -2.36. The van der Waals surface area contributed by atoms with Crippen molar-refractivity contribution in [2.24, 2.45) is 11.7 Å². The lowest BCUT2D eigenvalue weighted by atomic mass is 9.86. The number of hydrogen-bond acceptors (Lipinski definition) is 2. The Morgan fingerprint density at radius 1 is 1.21 bits per heavy atom. The molecule has 19 heavy (non-hydrogen) atoms. The highest BCUT2D eigenvalue weighted by Gasteiger charge is 2.24. The molecule has 1 aromatic rings. The first-order valence-electron chi connectivity index (χ1n) is 7.30. The summed E-state index contributed by atoms with van der Waals surface area (Å²) >= 11 is 0. The third-order valence-corrected chi connectivity index (χ3v) is 4.09. The van der Waals surface area contributed by atoms with Crippen LogP contribution in [0.25, 0.3) is 0 Å². The molecule has 0 aliphatic heterocycles. The Morgan fingerprint density at radius 2 is 1.84 bits per heavy atom. The Bertz CT molecular complexity index is 423. The van der Waals surface area contributed by atoms with E-state index in [-0.39, 0.29) is 11.8 Å². The molecule has 3 N–H and O–H groups in total. The number of carbonyl (C=O) groups is 1. The van der Waals surface area contributed by atoms with Gasteiger partial charge in [-0.05, 0) is 43.2 Å². The van der Waals surface area contributed by atoms with Gasteiger partial charge < -0.3 is 11.1 Å². The van der Waals surface area contributed by atoms with Gasteiger partial charge in [0, 0.05) is 18.5 Å². The third-order valence-electron chi connectivity index (χ3n) is 4.09. The molecule has 1 aromatic carbocycles. The number of rotatable bonds is 4. The molecular weight excluding hydrogens is 236 g/mol. The summed E-state index contributed by atoms with van der Waals surface area (Å²) in [5.74, 6) is 0.353. The molecule has 0 heterocycles. The van der Waals surface area contributed by atoms with E-state index >= 15 is 0 Å². The van der Waals surface area contributed by atoms with Crippen LogP contribution in [-0.2, 0) is 17.8 Å². The molecule has 3 heteroatoms. The van der Waals surface area contributed by atoms with Gasteiger partial charge in [-0.3, -0.25) is 4.79 Å². The van der Waals surface area contributed by atoms with Crippen LogP contribution in [0.5, 0.6) is 0 Å². The van der Waals surface area contributed by atoms with Crippen molar-refractivity contribution in [1.82, 2.24) is 5.32 Å². The summed E-state index contributed by atoms with van der Waals surface area (Å²) in [4.78, 5) is 12.1. The van der Waals surface area contributed by atoms with Gasteiger partial charge >= 0.3 is 0 Å². The number of carbonyl (C=O) groups excluding carboxylic acids is 1.